The number of nitriles is 1. The van der Waals surface area contributed by atoms with Crippen molar-refractivity contribution in [1.29, 1.82) is 5.26 Å². The second-order valence-corrected chi connectivity index (χ2v) is 5.11. The van der Waals surface area contributed by atoms with Gasteiger partial charge in [-0.1, -0.05) is 12.1 Å². The van der Waals surface area contributed by atoms with Gasteiger partial charge in [0.05, 0.1) is 19.9 Å². The van der Waals surface area contributed by atoms with Crippen LogP contribution in [0, 0.1) is 17.1 Å². The van der Waals surface area contributed by atoms with Crippen LogP contribution in [0.3, 0.4) is 0 Å². The van der Waals surface area contributed by atoms with Gasteiger partial charge >= 0.3 is 0 Å². The van der Waals surface area contributed by atoms with Crippen molar-refractivity contribution in [2.75, 3.05) is 14.2 Å². The maximum Gasteiger partial charge on any atom is 0.232 e. The molecule has 0 radical (unpaired) electrons. The SMILES string of the molecule is COc1cccnc1-c1cc(-c2ccc(F)cc2)c(C#N)c(OC)n1. The Bertz CT molecular complexity index is 950. The van der Waals surface area contributed by atoms with E-state index in [0.29, 0.717) is 28.3 Å². The lowest BCUT2D eigenvalue weighted by molar-refractivity contribution is 0.396. The Morgan fingerprint density at radius 3 is 2.48 bits per heavy atom. The van der Waals surface area contributed by atoms with E-state index in [1.165, 1.54) is 19.2 Å². The van der Waals surface area contributed by atoms with Crippen molar-refractivity contribution >= 4 is 0 Å². The van der Waals surface area contributed by atoms with Crippen LogP contribution in [-0.2, 0) is 0 Å². The van der Waals surface area contributed by atoms with Crippen LogP contribution in [0.4, 0.5) is 4.39 Å². The summed E-state index contributed by atoms with van der Waals surface area (Å²) in [5, 5.41) is 9.52. The Morgan fingerprint density at radius 1 is 1.08 bits per heavy atom. The molecule has 0 bridgehead atoms. The predicted molar refractivity (Wildman–Crippen MR) is 90.7 cm³/mol. The van der Waals surface area contributed by atoms with Crippen LogP contribution in [0.25, 0.3) is 22.5 Å². The van der Waals surface area contributed by atoms with Gasteiger partial charge in [-0.05, 0) is 35.9 Å². The highest BCUT2D eigenvalue weighted by molar-refractivity contribution is 5.78. The number of halogens is 1. The molecule has 0 saturated carbocycles. The minimum absolute atomic E-state index is 0.173. The van der Waals surface area contributed by atoms with Crippen molar-refractivity contribution in [2.45, 2.75) is 0 Å². The summed E-state index contributed by atoms with van der Waals surface area (Å²) in [4.78, 5) is 8.70. The Hall–Kier alpha value is -3.46. The molecule has 0 aliphatic rings. The van der Waals surface area contributed by atoms with E-state index in [1.807, 2.05) is 0 Å². The van der Waals surface area contributed by atoms with Crippen molar-refractivity contribution in [3.63, 3.8) is 0 Å². The minimum Gasteiger partial charge on any atom is -0.494 e. The molecule has 1 aromatic carbocycles. The molecule has 124 valence electrons. The summed E-state index contributed by atoms with van der Waals surface area (Å²) in [5.41, 5.74) is 2.54. The molecule has 0 aliphatic heterocycles. The molecule has 2 heterocycles. The normalized spacial score (nSPS) is 10.2. The summed E-state index contributed by atoms with van der Waals surface area (Å²) >= 11 is 0. The van der Waals surface area contributed by atoms with Gasteiger partial charge < -0.3 is 9.47 Å². The Kier molecular flexibility index (Phi) is 4.57. The van der Waals surface area contributed by atoms with E-state index in [-0.39, 0.29) is 17.3 Å². The summed E-state index contributed by atoms with van der Waals surface area (Å²) < 4.78 is 23.9. The first-order chi connectivity index (χ1) is 12.2. The molecule has 6 heteroatoms. The van der Waals surface area contributed by atoms with Gasteiger partial charge in [0.25, 0.3) is 0 Å². The van der Waals surface area contributed by atoms with Crippen molar-refractivity contribution in [1.82, 2.24) is 9.97 Å². The van der Waals surface area contributed by atoms with Gasteiger partial charge in [-0.3, -0.25) is 4.98 Å². The largest absolute Gasteiger partial charge is 0.494 e. The number of hydrogen-bond donors (Lipinski definition) is 0. The molecule has 0 unspecified atom stereocenters. The number of benzene rings is 1. The van der Waals surface area contributed by atoms with Gasteiger partial charge in [-0.15, -0.1) is 0 Å². The Morgan fingerprint density at radius 2 is 1.84 bits per heavy atom. The third kappa shape index (κ3) is 3.12. The van der Waals surface area contributed by atoms with E-state index in [2.05, 4.69) is 16.0 Å². The lowest BCUT2D eigenvalue weighted by Gasteiger charge is -2.12. The van der Waals surface area contributed by atoms with Crippen molar-refractivity contribution in [3.05, 3.63) is 60.0 Å². The second kappa shape index (κ2) is 6.97. The fourth-order valence-electron chi connectivity index (χ4n) is 2.50. The second-order valence-electron chi connectivity index (χ2n) is 5.11. The minimum atomic E-state index is -0.352. The Labute approximate surface area is 144 Å². The first kappa shape index (κ1) is 16.4. The molecule has 2 aromatic heterocycles. The molecule has 25 heavy (non-hydrogen) atoms. The summed E-state index contributed by atoms with van der Waals surface area (Å²) in [6, 6.07) is 13.2. The highest BCUT2D eigenvalue weighted by Gasteiger charge is 2.18. The molecular weight excluding hydrogens is 321 g/mol. The number of aromatic nitrogens is 2. The number of nitrogens with zero attached hydrogens (tertiary/aromatic N) is 3. The van der Waals surface area contributed by atoms with Gasteiger partial charge in [0.2, 0.25) is 5.88 Å². The fourth-order valence-corrected chi connectivity index (χ4v) is 2.50. The van der Waals surface area contributed by atoms with Crippen LogP contribution in [0.5, 0.6) is 11.6 Å². The van der Waals surface area contributed by atoms with Gasteiger partial charge in [0.1, 0.15) is 28.9 Å². The summed E-state index contributed by atoms with van der Waals surface area (Å²) in [6.07, 6.45) is 1.63. The van der Waals surface area contributed by atoms with E-state index in [4.69, 9.17) is 9.47 Å². The van der Waals surface area contributed by atoms with Crippen LogP contribution in [0.1, 0.15) is 5.56 Å². The lowest BCUT2D eigenvalue weighted by atomic mass is 9.99. The average Bonchev–Trinajstić information content (AvgIpc) is 2.67. The van der Waals surface area contributed by atoms with Crippen LogP contribution in [-0.4, -0.2) is 24.2 Å². The Balaban J connectivity index is 2.27. The van der Waals surface area contributed by atoms with E-state index in [1.54, 1.807) is 43.6 Å². The van der Waals surface area contributed by atoms with Crippen molar-refractivity contribution < 1.29 is 13.9 Å². The maximum absolute atomic E-state index is 13.2. The van der Waals surface area contributed by atoms with Gasteiger partial charge in [0, 0.05) is 11.8 Å². The molecule has 3 rings (SSSR count). The van der Waals surface area contributed by atoms with Crippen LogP contribution < -0.4 is 9.47 Å². The highest BCUT2D eigenvalue weighted by atomic mass is 19.1. The standard InChI is InChI=1S/C19H14FN3O2/c1-24-17-4-3-9-22-18(17)16-10-14(12-5-7-13(20)8-6-12)15(11-21)19(23-16)25-2/h3-10H,1-2H3. The van der Waals surface area contributed by atoms with E-state index >= 15 is 0 Å². The smallest absolute Gasteiger partial charge is 0.232 e. The first-order valence-corrected chi connectivity index (χ1v) is 7.42. The van der Waals surface area contributed by atoms with E-state index in [0.717, 1.165) is 0 Å². The highest BCUT2D eigenvalue weighted by Crippen LogP contribution is 2.35. The number of rotatable bonds is 4. The fraction of sp³-hybridized carbons (Fsp3) is 0.105. The number of methoxy groups -OCH3 is 2. The number of hydrogen-bond acceptors (Lipinski definition) is 5. The molecular formula is C19H14FN3O2. The topological polar surface area (TPSA) is 68.0 Å². The quantitative estimate of drug-likeness (QED) is 0.724. The van der Waals surface area contributed by atoms with Gasteiger partial charge in [0.15, 0.2) is 0 Å². The molecule has 0 atom stereocenters. The zero-order valence-electron chi connectivity index (χ0n) is 13.7. The number of pyridine rings is 2. The van der Waals surface area contributed by atoms with Crippen LogP contribution >= 0.6 is 0 Å². The summed E-state index contributed by atoms with van der Waals surface area (Å²) in [5.74, 6) is 0.369. The molecule has 0 saturated heterocycles. The summed E-state index contributed by atoms with van der Waals surface area (Å²) in [7, 11) is 2.99. The molecule has 5 nitrogen and oxygen atoms in total. The van der Waals surface area contributed by atoms with Crippen molar-refractivity contribution in [2.24, 2.45) is 0 Å². The maximum atomic E-state index is 13.2. The molecule has 0 N–H and O–H groups in total. The third-order valence-electron chi connectivity index (χ3n) is 3.68. The third-order valence-corrected chi connectivity index (χ3v) is 3.68. The molecule has 0 spiro atoms. The monoisotopic (exact) mass is 335 g/mol. The lowest BCUT2D eigenvalue weighted by Crippen LogP contribution is -2.00. The van der Waals surface area contributed by atoms with Gasteiger partial charge in [-0.2, -0.15) is 5.26 Å². The molecule has 0 amide bonds. The zero-order valence-corrected chi connectivity index (χ0v) is 13.7. The van der Waals surface area contributed by atoms with Crippen LogP contribution in [0.2, 0.25) is 0 Å². The zero-order chi connectivity index (χ0) is 17.8. The molecule has 0 fully saturated rings. The van der Waals surface area contributed by atoms with E-state index < -0.39 is 0 Å². The van der Waals surface area contributed by atoms with Crippen LogP contribution in [0.15, 0.2) is 48.7 Å². The predicted octanol–water partition coefficient (Wildman–Crippen LogP) is 3.84. The van der Waals surface area contributed by atoms with Gasteiger partial charge in [-0.25, -0.2) is 9.37 Å². The molecule has 3 aromatic rings. The number of ether oxygens (including phenoxy) is 2. The molecule has 0 aliphatic carbocycles. The van der Waals surface area contributed by atoms with Crippen molar-refractivity contribution in [3.8, 4) is 40.2 Å². The average molecular weight is 335 g/mol. The van der Waals surface area contributed by atoms with E-state index in [9.17, 15) is 9.65 Å². The first-order valence-electron chi connectivity index (χ1n) is 7.42. The summed E-state index contributed by atoms with van der Waals surface area (Å²) in [6.45, 7) is 0.